The van der Waals surface area contributed by atoms with E-state index in [0.717, 1.165) is 36.1 Å². The van der Waals surface area contributed by atoms with Gasteiger partial charge in [-0.3, -0.25) is 14.8 Å². The Labute approximate surface area is 153 Å². The first-order valence-corrected chi connectivity index (χ1v) is 9.05. The lowest BCUT2D eigenvalue weighted by molar-refractivity contribution is -0.130. The van der Waals surface area contributed by atoms with Gasteiger partial charge in [0, 0.05) is 31.6 Å². The second-order valence-electron chi connectivity index (χ2n) is 7.21. The monoisotopic (exact) mass is 348 g/mol. The lowest BCUT2D eigenvalue weighted by atomic mass is 9.94. The van der Waals surface area contributed by atoms with Crippen molar-refractivity contribution in [3.05, 3.63) is 65.4 Å². The fraction of sp³-hybridized carbons (Fsp3) is 0.333. The molecule has 1 amide bonds. The van der Waals surface area contributed by atoms with E-state index in [4.69, 9.17) is 0 Å². The van der Waals surface area contributed by atoms with Crippen molar-refractivity contribution in [2.75, 3.05) is 20.6 Å². The maximum atomic E-state index is 12.7. The number of H-pyrrole nitrogens is 1. The topological polar surface area (TPSA) is 52.2 Å². The summed E-state index contributed by atoms with van der Waals surface area (Å²) in [5.74, 6) is 0.117. The predicted octanol–water partition coefficient (Wildman–Crippen LogP) is 2.62. The lowest BCUT2D eigenvalue weighted by Crippen LogP contribution is -2.46. The summed E-state index contributed by atoms with van der Waals surface area (Å²) in [5, 5.41) is 8.32. The minimum atomic E-state index is 0.117. The molecule has 1 atom stereocenters. The molecule has 5 heteroatoms. The van der Waals surface area contributed by atoms with Gasteiger partial charge in [-0.05, 0) is 30.7 Å². The molecule has 0 saturated heterocycles. The molecule has 1 aliphatic rings. The molecule has 5 nitrogen and oxygen atoms in total. The maximum absolute atomic E-state index is 12.7. The van der Waals surface area contributed by atoms with Crippen molar-refractivity contribution in [1.29, 1.82) is 0 Å². The predicted molar refractivity (Wildman–Crippen MR) is 103 cm³/mol. The Balaban J connectivity index is 1.43. The lowest BCUT2D eigenvalue weighted by Gasteiger charge is -2.36. The molecule has 0 saturated carbocycles. The third kappa shape index (κ3) is 3.22. The molecule has 26 heavy (non-hydrogen) atoms. The molecule has 1 unspecified atom stereocenters. The van der Waals surface area contributed by atoms with Gasteiger partial charge in [0.25, 0.3) is 0 Å². The van der Waals surface area contributed by atoms with Crippen LogP contribution in [-0.2, 0) is 24.2 Å². The van der Waals surface area contributed by atoms with Crippen molar-refractivity contribution < 1.29 is 4.79 Å². The molecule has 1 N–H and O–H groups in total. The number of carbonyl (C=O) groups is 1. The zero-order valence-electron chi connectivity index (χ0n) is 15.3. The van der Waals surface area contributed by atoms with Gasteiger partial charge < -0.3 is 4.90 Å². The van der Waals surface area contributed by atoms with Crippen molar-refractivity contribution in [3.63, 3.8) is 0 Å². The summed E-state index contributed by atoms with van der Waals surface area (Å²) in [7, 11) is 4.04. The van der Waals surface area contributed by atoms with Gasteiger partial charge in [-0.25, -0.2) is 0 Å². The summed E-state index contributed by atoms with van der Waals surface area (Å²) >= 11 is 0. The summed E-state index contributed by atoms with van der Waals surface area (Å²) < 4.78 is 0. The highest BCUT2D eigenvalue weighted by molar-refractivity contribution is 5.87. The van der Waals surface area contributed by atoms with Gasteiger partial charge >= 0.3 is 0 Å². The largest absolute Gasteiger partial charge is 0.344 e. The summed E-state index contributed by atoms with van der Waals surface area (Å²) in [6, 6.07) is 16.8. The summed E-state index contributed by atoms with van der Waals surface area (Å²) in [6.45, 7) is 1.67. The number of amides is 1. The number of nitrogens with one attached hydrogen (secondary N) is 1. The average molecular weight is 348 g/mol. The van der Waals surface area contributed by atoms with E-state index < -0.39 is 0 Å². The summed E-state index contributed by atoms with van der Waals surface area (Å²) in [6.07, 6.45) is 1.33. The first-order chi connectivity index (χ1) is 12.6. The summed E-state index contributed by atoms with van der Waals surface area (Å²) in [5.41, 5.74) is 4.58. The van der Waals surface area contributed by atoms with E-state index in [1.54, 1.807) is 0 Å². The van der Waals surface area contributed by atoms with E-state index in [0.29, 0.717) is 12.5 Å². The van der Waals surface area contributed by atoms with Gasteiger partial charge in [-0.15, -0.1) is 0 Å². The first-order valence-electron chi connectivity index (χ1n) is 9.05. The smallest absolute Gasteiger partial charge is 0.228 e. The van der Waals surface area contributed by atoms with Crippen molar-refractivity contribution >= 4 is 16.8 Å². The second kappa shape index (κ2) is 6.92. The van der Waals surface area contributed by atoms with Gasteiger partial charge in [0.2, 0.25) is 5.91 Å². The first kappa shape index (κ1) is 16.8. The van der Waals surface area contributed by atoms with Crippen molar-refractivity contribution in [2.45, 2.75) is 25.4 Å². The van der Waals surface area contributed by atoms with Crippen molar-refractivity contribution in [3.8, 4) is 0 Å². The van der Waals surface area contributed by atoms with Crippen LogP contribution >= 0.6 is 0 Å². The van der Waals surface area contributed by atoms with E-state index in [1.165, 1.54) is 11.1 Å². The molecule has 3 aromatic rings. The highest BCUT2D eigenvalue weighted by Gasteiger charge is 2.25. The van der Waals surface area contributed by atoms with Gasteiger partial charge in [0.05, 0.1) is 17.6 Å². The fourth-order valence-corrected chi connectivity index (χ4v) is 3.78. The van der Waals surface area contributed by atoms with Gasteiger partial charge in [0.15, 0.2) is 0 Å². The minimum absolute atomic E-state index is 0.117. The highest BCUT2D eigenvalue weighted by Crippen LogP contribution is 2.22. The average Bonchev–Trinajstić information content (AvgIpc) is 3.05. The normalized spacial score (nSPS) is 17.2. The number of likely N-dealkylation sites (N-methyl/N-ethyl adjacent to an activating group) is 2. The number of para-hydroxylation sites is 1. The molecule has 0 aliphatic carbocycles. The molecule has 0 bridgehead atoms. The maximum Gasteiger partial charge on any atom is 0.228 e. The molecule has 2 aromatic carbocycles. The SMILES string of the molecule is CN(CC1Cc2ccccc2CN1C)C(=O)Cc1[nH]nc2ccccc12. The number of hydrogen-bond donors (Lipinski definition) is 1. The van der Waals surface area contributed by atoms with Crippen LogP contribution in [0.15, 0.2) is 48.5 Å². The second-order valence-corrected chi connectivity index (χ2v) is 7.21. The van der Waals surface area contributed by atoms with Gasteiger partial charge in [-0.1, -0.05) is 42.5 Å². The Morgan fingerprint density at radius 2 is 1.92 bits per heavy atom. The Bertz CT molecular complexity index is 932. The number of aromatic nitrogens is 2. The van der Waals surface area contributed by atoms with Crippen LogP contribution in [0.2, 0.25) is 0 Å². The van der Waals surface area contributed by atoms with E-state index >= 15 is 0 Å². The minimum Gasteiger partial charge on any atom is -0.344 e. The number of rotatable bonds is 4. The van der Waals surface area contributed by atoms with Crippen LogP contribution in [-0.4, -0.2) is 52.6 Å². The molecule has 1 aliphatic heterocycles. The Hall–Kier alpha value is -2.66. The van der Waals surface area contributed by atoms with E-state index in [1.807, 2.05) is 36.2 Å². The van der Waals surface area contributed by atoms with Crippen LogP contribution < -0.4 is 0 Å². The van der Waals surface area contributed by atoms with E-state index in [2.05, 4.69) is 46.4 Å². The molecule has 0 radical (unpaired) electrons. The van der Waals surface area contributed by atoms with Crippen LogP contribution in [0.25, 0.3) is 10.9 Å². The Morgan fingerprint density at radius 3 is 2.77 bits per heavy atom. The Kier molecular flexibility index (Phi) is 4.47. The van der Waals surface area contributed by atoms with E-state index in [9.17, 15) is 4.79 Å². The quantitative estimate of drug-likeness (QED) is 0.789. The summed E-state index contributed by atoms with van der Waals surface area (Å²) in [4.78, 5) is 16.9. The number of aromatic amines is 1. The molecule has 2 heterocycles. The Morgan fingerprint density at radius 1 is 1.19 bits per heavy atom. The molecule has 0 fully saturated rings. The van der Waals surface area contributed by atoms with Crippen LogP contribution in [0.4, 0.5) is 0 Å². The van der Waals surface area contributed by atoms with Gasteiger partial charge in [0.1, 0.15) is 0 Å². The number of fused-ring (bicyclic) bond motifs is 2. The fourth-order valence-electron chi connectivity index (χ4n) is 3.78. The van der Waals surface area contributed by atoms with Gasteiger partial charge in [-0.2, -0.15) is 5.10 Å². The van der Waals surface area contributed by atoms with Crippen LogP contribution in [0.1, 0.15) is 16.8 Å². The van der Waals surface area contributed by atoms with Crippen LogP contribution in [0, 0.1) is 0 Å². The third-order valence-electron chi connectivity index (χ3n) is 5.40. The third-order valence-corrected chi connectivity index (χ3v) is 5.40. The molecule has 1 aromatic heterocycles. The van der Waals surface area contributed by atoms with Crippen molar-refractivity contribution in [1.82, 2.24) is 20.0 Å². The molecular weight excluding hydrogens is 324 g/mol. The van der Waals surface area contributed by atoms with E-state index in [-0.39, 0.29) is 5.91 Å². The molecule has 0 spiro atoms. The number of benzene rings is 2. The number of hydrogen-bond acceptors (Lipinski definition) is 3. The number of nitrogens with zero attached hydrogens (tertiary/aromatic N) is 3. The van der Waals surface area contributed by atoms with Crippen LogP contribution in [0.5, 0.6) is 0 Å². The molecule has 134 valence electrons. The molecule has 4 rings (SSSR count). The number of carbonyl (C=O) groups excluding carboxylic acids is 1. The van der Waals surface area contributed by atoms with Crippen LogP contribution in [0.3, 0.4) is 0 Å². The zero-order chi connectivity index (χ0) is 18.1. The highest BCUT2D eigenvalue weighted by atomic mass is 16.2. The molecular formula is C21H24N4O. The van der Waals surface area contributed by atoms with Crippen molar-refractivity contribution in [2.24, 2.45) is 0 Å². The standard InChI is InChI=1S/C21H24N4O/c1-24-13-16-8-4-3-7-15(16)11-17(24)14-25(2)21(26)12-20-18-9-5-6-10-19(18)22-23-20/h3-10,17H,11-14H2,1-2H3,(H,22,23). The zero-order valence-corrected chi connectivity index (χ0v) is 15.3.